The van der Waals surface area contributed by atoms with Crippen LogP contribution in [0.2, 0.25) is 5.02 Å². The first-order valence-electron chi connectivity index (χ1n) is 8.16. The average Bonchev–Trinajstić information content (AvgIpc) is 2.47. The fraction of sp³-hybridized carbons (Fsp3) is 0.706. The summed E-state index contributed by atoms with van der Waals surface area (Å²) in [5.74, 6) is 1.58. The molecule has 1 N–H and O–H groups in total. The Labute approximate surface area is 134 Å². The Hall–Kier alpha value is -0.800. The first kappa shape index (κ1) is 16.6. The van der Waals surface area contributed by atoms with Crippen molar-refractivity contribution >= 4 is 17.4 Å². The first-order valence-corrected chi connectivity index (χ1v) is 8.53. The molecule has 0 atom stereocenters. The number of nitrogens with zero attached hydrogens (tertiary/aromatic N) is 2. The quantitative estimate of drug-likeness (QED) is 0.851. The largest absolute Gasteiger partial charge is 0.355 e. The molecule has 0 aliphatic heterocycles. The minimum Gasteiger partial charge on any atom is -0.355 e. The van der Waals surface area contributed by atoms with Crippen molar-refractivity contribution in [1.82, 2.24) is 10.3 Å². The minimum absolute atomic E-state index is 0.591. The van der Waals surface area contributed by atoms with Gasteiger partial charge in [0.2, 0.25) is 0 Å². The van der Waals surface area contributed by atoms with Gasteiger partial charge < -0.3 is 10.2 Å². The second kappa shape index (κ2) is 8.00. The van der Waals surface area contributed by atoms with Crippen molar-refractivity contribution in [3.05, 3.63) is 22.8 Å². The Morgan fingerprint density at radius 1 is 1.33 bits per heavy atom. The number of hydrogen-bond acceptors (Lipinski definition) is 3. The van der Waals surface area contributed by atoms with Crippen molar-refractivity contribution in [3.8, 4) is 0 Å². The summed E-state index contributed by atoms with van der Waals surface area (Å²) in [6.07, 6.45) is 8.48. The molecule has 1 heterocycles. The smallest absolute Gasteiger partial charge is 0.147 e. The zero-order valence-electron chi connectivity index (χ0n) is 13.5. The van der Waals surface area contributed by atoms with Gasteiger partial charge in [0.05, 0.1) is 5.02 Å². The van der Waals surface area contributed by atoms with E-state index in [1.54, 1.807) is 0 Å². The van der Waals surface area contributed by atoms with Crippen LogP contribution in [0.5, 0.6) is 0 Å². The Balaban J connectivity index is 1.97. The van der Waals surface area contributed by atoms with E-state index in [-0.39, 0.29) is 0 Å². The van der Waals surface area contributed by atoms with Crippen molar-refractivity contribution in [2.45, 2.75) is 58.5 Å². The lowest BCUT2D eigenvalue weighted by Crippen LogP contribution is -2.34. The van der Waals surface area contributed by atoms with Crippen LogP contribution in [-0.2, 0) is 6.54 Å². The predicted molar refractivity (Wildman–Crippen MR) is 91.1 cm³/mol. The summed E-state index contributed by atoms with van der Waals surface area (Å²) < 4.78 is 0. The van der Waals surface area contributed by atoms with Gasteiger partial charge in [-0.05, 0) is 36.9 Å². The third kappa shape index (κ3) is 4.86. The van der Waals surface area contributed by atoms with Gasteiger partial charge in [-0.15, -0.1) is 0 Å². The molecule has 1 aliphatic carbocycles. The van der Waals surface area contributed by atoms with E-state index in [0.29, 0.717) is 12.0 Å². The summed E-state index contributed by atoms with van der Waals surface area (Å²) in [7, 11) is 2.13. The normalized spacial score (nSPS) is 16.4. The SMILES string of the molecule is CC(C)CNCc1cnc(N(C)C2CCCCC2)c(Cl)c1. The Bertz CT molecular complexity index is 442. The summed E-state index contributed by atoms with van der Waals surface area (Å²) in [5, 5.41) is 4.20. The highest BCUT2D eigenvalue weighted by Crippen LogP contribution is 2.29. The Morgan fingerprint density at radius 2 is 2.05 bits per heavy atom. The van der Waals surface area contributed by atoms with Gasteiger partial charge in [0.25, 0.3) is 0 Å². The summed E-state index contributed by atoms with van der Waals surface area (Å²) in [5.41, 5.74) is 1.15. The van der Waals surface area contributed by atoms with Crippen molar-refractivity contribution in [3.63, 3.8) is 0 Å². The maximum absolute atomic E-state index is 6.45. The highest BCUT2D eigenvalue weighted by atomic mass is 35.5. The molecule has 0 spiro atoms. The van der Waals surface area contributed by atoms with Crippen LogP contribution < -0.4 is 10.2 Å². The van der Waals surface area contributed by atoms with Crippen molar-refractivity contribution < 1.29 is 0 Å². The topological polar surface area (TPSA) is 28.2 Å². The standard InChI is InChI=1S/C17H28ClN3/c1-13(2)10-19-11-14-9-16(18)17(20-12-14)21(3)15-7-5-4-6-8-15/h9,12-13,15,19H,4-8,10-11H2,1-3H3. The monoisotopic (exact) mass is 309 g/mol. The second-order valence-electron chi connectivity index (χ2n) is 6.58. The summed E-state index contributed by atoms with van der Waals surface area (Å²) >= 11 is 6.45. The third-order valence-electron chi connectivity index (χ3n) is 4.22. The Morgan fingerprint density at radius 3 is 2.67 bits per heavy atom. The molecule has 1 aromatic heterocycles. The number of pyridine rings is 1. The molecule has 21 heavy (non-hydrogen) atoms. The maximum atomic E-state index is 6.45. The highest BCUT2D eigenvalue weighted by Gasteiger charge is 2.20. The number of nitrogens with one attached hydrogen (secondary N) is 1. The zero-order valence-corrected chi connectivity index (χ0v) is 14.3. The number of aromatic nitrogens is 1. The van der Waals surface area contributed by atoms with E-state index in [0.717, 1.165) is 29.5 Å². The molecule has 0 amide bonds. The van der Waals surface area contributed by atoms with Crippen LogP contribution >= 0.6 is 11.6 Å². The molecule has 0 bridgehead atoms. The molecule has 118 valence electrons. The van der Waals surface area contributed by atoms with Gasteiger partial charge in [0.15, 0.2) is 0 Å². The number of rotatable bonds is 6. The van der Waals surface area contributed by atoms with Gasteiger partial charge in [0, 0.05) is 25.8 Å². The summed E-state index contributed by atoms with van der Waals surface area (Å²) in [4.78, 5) is 6.88. The molecular weight excluding hydrogens is 282 g/mol. The van der Waals surface area contributed by atoms with E-state index in [1.165, 1.54) is 32.1 Å². The maximum Gasteiger partial charge on any atom is 0.147 e. The van der Waals surface area contributed by atoms with E-state index in [4.69, 9.17) is 11.6 Å². The van der Waals surface area contributed by atoms with Crippen LogP contribution in [0.4, 0.5) is 5.82 Å². The van der Waals surface area contributed by atoms with Crippen molar-refractivity contribution in [2.75, 3.05) is 18.5 Å². The highest BCUT2D eigenvalue weighted by molar-refractivity contribution is 6.33. The predicted octanol–water partition coefficient (Wildman–Crippen LogP) is 4.25. The van der Waals surface area contributed by atoms with Crippen LogP contribution in [0.3, 0.4) is 0 Å². The summed E-state index contributed by atoms with van der Waals surface area (Å²) in [6, 6.07) is 2.64. The van der Waals surface area contributed by atoms with E-state index >= 15 is 0 Å². The molecule has 1 saturated carbocycles. The summed E-state index contributed by atoms with van der Waals surface area (Å²) in [6.45, 7) is 6.26. The van der Waals surface area contributed by atoms with Gasteiger partial charge in [-0.25, -0.2) is 4.98 Å². The lowest BCUT2D eigenvalue weighted by atomic mass is 9.94. The van der Waals surface area contributed by atoms with Crippen molar-refractivity contribution in [2.24, 2.45) is 5.92 Å². The van der Waals surface area contributed by atoms with Crippen LogP contribution in [0.15, 0.2) is 12.3 Å². The lowest BCUT2D eigenvalue weighted by Gasteiger charge is -2.32. The molecule has 3 nitrogen and oxygen atoms in total. The Kier molecular flexibility index (Phi) is 6.31. The van der Waals surface area contributed by atoms with E-state index in [2.05, 4.69) is 42.2 Å². The molecule has 2 rings (SSSR count). The molecule has 0 unspecified atom stereocenters. The molecular formula is C17H28ClN3. The molecule has 1 fully saturated rings. The van der Waals surface area contributed by atoms with Crippen LogP contribution in [0, 0.1) is 5.92 Å². The second-order valence-corrected chi connectivity index (χ2v) is 6.98. The van der Waals surface area contributed by atoms with Crippen molar-refractivity contribution in [1.29, 1.82) is 0 Å². The van der Waals surface area contributed by atoms with Gasteiger partial charge in [-0.2, -0.15) is 0 Å². The average molecular weight is 310 g/mol. The van der Waals surface area contributed by atoms with Crippen LogP contribution in [0.25, 0.3) is 0 Å². The molecule has 1 aromatic rings. The van der Waals surface area contributed by atoms with E-state index in [1.807, 2.05) is 6.20 Å². The van der Waals surface area contributed by atoms with E-state index in [9.17, 15) is 0 Å². The molecule has 1 aliphatic rings. The lowest BCUT2D eigenvalue weighted by molar-refractivity contribution is 0.426. The van der Waals surface area contributed by atoms with Gasteiger partial charge in [-0.1, -0.05) is 44.7 Å². The fourth-order valence-electron chi connectivity index (χ4n) is 2.97. The molecule has 0 saturated heterocycles. The third-order valence-corrected chi connectivity index (χ3v) is 4.49. The first-order chi connectivity index (χ1) is 10.1. The molecule has 0 radical (unpaired) electrons. The van der Waals surface area contributed by atoms with Gasteiger partial charge in [-0.3, -0.25) is 0 Å². The number of halogens is 1. The van der Waals surface area contributed by atoms with E-state index < -0.39 is 0 Å². The molecule has 4 heteroatoms. The van der Waals surface area contributed by atoms with Gasteiger partial charge in [0.1, 0.15) is 5.82 Å². The molecule has 0 aromatic carbocycles. The number of anilines is 1. The fourth-order valence-corrected chi connectivity index (χ4v) is 3.30. The van der Waals surface area contributed by atoms with Crippen LogP contribution in [0.1, 0.15) is 51.5 Å². The minimum atomic E-state index is 0.591. The van der Waals surface area contributed by atoms with Gasteiger partial charge >= 0.3 is 0 Å². The zero-order chi connectivity index (χ0) is 15.2. The van der Waals surface area contributed by atoms with Crippen LogP contribution in [-0.4, -0.2) is 24.6 Å². The number of hydrogen-bond donors (Lipinski definition) is 1.